The van der Waals surface area contributed by atoms with E-state index in [4.69, 9.17) is 0 Å². The molecule has 0 unspecified atom stereocenters. The molecule has 0 atom stereocenters. The van der Waals surface area contributed by atoms with Gasteiger partial charge in [0.25, 0.3) is 5.91 Å². The molecule has 0 aliphatic rings. The van der Waals surface area contributed by atoms with Crippen molar-refractivity contribution in [1.82, 2.24) is 16.0 Å². The summed E-state index contributed by atoms with van der Waals surface area (Å²) in [6, 6.07) is 0. The molecule has 0 radical (unpaired) electrons. The van der Waals surface area contributed by atoms with Gasteiger partial charge in [-0.05, 0) is 6.92 Å². The van der Waals surface area contributed by atoms with E-state index in [0.29, 0.717) is 5.57 Å². The SMILES string of the molecule is C=C(C)C(=O)NN(C)NC. The number of hydrazine groups is 2. The van der Waals surface area contributed by atoms with Gasteiger partial charge in [-0.2, -0.15) is 5.12 Å². The Labute approximate surface area is 60.8 Å². The highest BCUT2D eigenvalue weighted by molar-refractivity contribution is 5.91. The molecule has 10 heavy (non-hydrogen) atoms. The minimum absolute atomic E-state index is 0.183. The van der Waals surface area contributed by atoms with Gasteiger partial charge in [-0.1, -0.05) is 6.58 Å². The van der Waals surface area contributed by atoms with Gasteiger partial charge in [-0.25, -0.2) is 5.43 Å². The van der Waals surface area contributed by atoms with Crippen LogP contribution in [0.5, 0.6) is 0 Å². The summed E-state index contributed by atoms with van der Waals surface area (Å²) in [6.07, 6.45) is 0. The molecule has 0 aliphatic heterocycles. The maximum atomic E-state index is 10.8. The van der Waals surface area contributed by atoms with Crippen LogP contribution in [0.25, 0.3) is 0 Å². The summed E-state index contributed by atoms with van der Waals surface area (Å²) in [7, 11) is 3.40. The molecule has 0 bridgehead atoms. The fourth-order valence-electron chi connectivity index (χ4n) is 0.304. The summed E-state index contributed by atoms with van der Waals surface area (Å²) in [5.74, 6) is -0.183. The third-order valence-corrected chi connectivity index (χ3v) is 0.992. The second-order valence-electron chi connectivity index (χ2n) is 2.00. The lowest BCUT2D eigenvalue weighted by atomic mass is 10.3. The first-order valence-corrected chi connectivity index (χ1v) is 2.95. The topological polar surface area (TPSA) is 44.4 Å². The lowest BCUT2D eigenvalue weighted by Crippen LogP contribution is -2.46. The summed E-state index contributed by atoms with van der Waals surface area (Å²) in [4.78, 5) is 10.8. The molecule has 0 spiro atoms. The molecule has 4 nitrogen and oxygen atoms in total. The van der Waals surface area contributed by atoms with Crippen LogP contribution >= 0.6 is 0 Å². The van der Waals surface area contributed by atoms with Crippen molar-refractivity contribution in [2.45, 2.75) is 6.92 Å². The number of hydrogen-bond donors (Lipinski definition) is 2. The summed E-state index contributed by atoms with van der Waals surface area (Å²) in [5, 5.41) is 1.46. The largest absolute Gasteiger partial charge is 0.272 e. The number of amides is 1. The molecule has 0 aromatic rings. The Kier molecular flexibility index (Phi) is 3.68. The highest BCUT2D eigenvalue weighted by atomic mass is 16.2. The average Bonchev–Trinajstić information content (AvgIpc) is 1.87. The Balaban J connectivity index is 3.68. The highest BCUT2D eigenvalue weighted by Gasteiger charge is 2.01. The molecule has 58 valence electrons. The maximum absolute atomic E-state index is 10.8. The minimum Gasteiger partial charge on any atom is -0.272 e. The summed E-state index contributed by atoms with van der Waals surface area (Å²) in [6.45, 7) is 5.13. The monoisotopic (exact) mass is 143 g/mol. The molecular formula is C6H13N3O. The van der Waals surface area contributed by atoms with Crippen molar-refractivity contribution >= 4 is 5.91 Å². The number of hydrogen-bond acceptors (Lipinski definition) is 3. The quantitative estimate of drug-likeness (QED) is 0.419. The summed E-state index contributed by atoms with van der Waals surface area (Å²) in [5.41, 5.74) is 5.71. The van der Waals surface area contributed by atoms with E-state index in [0.717, 1.165) is 0 Å². The van der Waals surface area contributed by atoms with Crippen LogP contribution in [0, 0.1) is 0 Å². The molecule has 0 aliphatic carbocycles. The molecule has 0 fully saturated rings. The highest BCUT2D eigenvalue weighted by Crippen LogP contribution is 1.84. The van der Waals surface area contributed by atoms with Crippen molar-refractivity contribution in [1.29, 1.82) is 0 Å². The first-order chi connectivity index (χ1) is 4.57. The molecule has 0 rings (SSSR count). The van der Waals surface area contributed by atoms with Crippen LogP contribution in [-0.2, 0) is 4.79 Å². The molecular weight excluding hydrogens is 130 g/mol. The lowest BCUT2D eigenvalue weighted by molar-refractivity contribution is -0.122. The van der Waals surface area contributed by atoms with E-state index in [1.807, 2.05) is 0 Å². The maximum Gasteiger partial charge on any atom is 0.261 e. The zero-order chi connectivity index (χ0) is 8.15. The van der Waals surface area contributed by atoms with Crippen LogP contribution in [0.1, 0.15) is 6.92 Å². The van der Waals surface area contributed by atoms with E-state index in [1.165, 1.54) is 5.12 Å². The van der Waals surface area contributed by atoms with Crippen LogP contribution in [0.2, 0.25) is 0 Å². The molecule has 0 aromatic carbocycles. The second kappa shape index (κ2) is 4.03. The predicted octanol–water partition coefficient (Wildman–Crippen LogP) is -0.340. The first-order valence-electron chi connectivity index (χ1n) is 2.95. The van der Waals surface area contributed by atoms with Gasteiger partial charge >= 0.3 is 0 Å². The molecule has 0 saturated heterocycles. The van der Waals surface area contributed by atoms with Crippen molar-refractivity contribution < 1.29 is 4.79 Å². The van der Waals surface area contributed by atoms with Crippen molar-refractivity contribution in [3.8, 4) is 0 Å². The first kappa shape index (κ1) is 9.13. The Morgan fingerprint density at radius 3 is 2.40 bits per heavy atom. The fraction of sp³-hybridized carbons (Fsp3) is 0.500. The number of nitrogens with zero attached hydrogens (tertiary/aromatic N) is 1. The van der Waals surface area contributed by atoms with Crippen molar-refractivity contribution in [2.75, 3.05) is 14.1 Å². The van der Waals surface area contributed by atoms with Crippen molar-refractivity contribution in [3.05, 3.63) is 12.2 Å². The van der Waals surface area contributed by atoms with Gasteiger partial charge in [0, 0.05) is 19.7 Å². The smallest absolute Gasteiger partial charge is 0.261 e. The van der Waals surface area contributed by atoms with Crippen LogP contribution in [0.4, 0.5) is 0 Å². The zero-order valence-electron chi connectivity index (χ0n) is 6.56. The van der Waals surface area contributed by atoms with E-state index in [9.17, 15) is 4.79 Å². The second-order valence-corrected chi connectivity index (χ2v) is 2.00. The average molecular weight is 143 g/mol. The number of carbonyl (C=O) groups is 1. The number of carbonyl (C=O) groups excluding carboxylic acids is 1. The van der Waals surface area contributed by atoms with E-state index < -0.39 is 0 Å². The van der Waals surface area contributed by atoms with Crippen LogP contribution in [0.15, 0.2) is 12.2 Å². The molecule has 0 aromatic heterocycles. The van der Waals surface area contributed by atoms with Gasteiger partial charge < -0.3 is 0 Å². The van der Waals surface area contributed by atoms with Gasteiger partial charge in [0.05, 0.1) is 0 Å². The van der Waals surface area contributed by atoms with Crippen LogP contribution in [0.3, 0.4) is 0 Å². The Morgan fingerprint density at radius 1 is 1.60 bits per heavy atom. The molecule has 2 N–H and O–H groups in total. The van der Waals surface area contributed by atoms with E-state index in [-0.39, 0.29) is 5.91 Å². The molecule has 4 heteroatoms. The van der Waals surface area contributed by atoms with E-state index >= 15 is 0 Å². The van der Waals surface area contributed by atoms with Crippen molar-refractivity contribution in [3.63, 3.8) is 0 Å². The summed E-state index contributed by atoms with van der Waals surface area (Å²) < 4.78 is 0. The minimum atomic E-state index is -0.183. The third kappa shape index (κ3) is 3.21. The molecule has 0 heterocycles. The van der Waals surface area contributed by atoms with Gasteiger partial charge in [-0.3, -0.25) is 10.2 Å². The summed E-state index contributed by atoms with van der Waals surface area (Å²) >= 11 is 0. The van der Waals surface area contributed by atoms with Crippen LogP contribution in [-0.4, -0.2) is 25.1 Å². The molecule has 1 amide bonds. The lowest BCUT2D eigenvalue weighted by Gasteiger charge is -2.15. The molecule has 0 saturated carbocycles. The zero-order valence-corrected chi connectivity index (χ0v) is 6.56. The Hall–Kier alpha value is -0.870. The standard InChI is InChI=1S/C6H13N3O/c1-5(2)6(10)8-9(4)7-3/h7H,1H2,2-4H3,(H,8,10). The fourth-order valence-corrected chi connectivity index (χ4v) is 0.304. The van der Waals surface area contributed by atoms with Crippen molar-refractivity contribution in [2.24, 2.45) is 0 Å². The van der Waals surface area contributed by atoms with Gasteiger partial charge in [-0.15, -0.1) is 0 Å². The van der Waals surface area contributed by atoms with Gasteiger partial charge in [0.15, 0.2) is 0 Å². The van der Waals surface area contributed by atoms with Crippen LogP contribution < -0.4 is 10.9 Å². The Bertz CT molecular complexity index is 144. The van der Waals surface area contributed by atoms with E-state index in [2.05, 4.69) is 17.4 Å². The van der Waals surface area contributed by atoms with Gasteiger partial charge in [0.1, 0.15) is 0 Å². The number of nitrogens with one attached hydrogen (secondary N) is 2. The van der Waals surface area contributed by atoms with E-state index in [1.54, 1.807) is 21.0 Å². The van der Waals surface area contributed by atoms with Gasteiger partial charge in [0.2, 0.25) is 0 Å². The Morgan fingerprint density at radius 2 is 2.10 bits per heavy atom. The normalized spacial score (nSPS) is 9.60. The third-order valence-electron chi connectivity index (χ3n) is 0.992. The number of rotatable bonds is 3. The predicted molar refractivity (Wildman–Crippen MR) is 39.8 cm³/mol.